The van der Waals surface area contributed by atoms with Crippen LogP contribution in [0.15, 0.2) is 0 Å². The van der Waals surface area contributed by atoms with Crippen LogP contribution in [0.5, 0.6) is 0 Å². The number of nitrogens with two attached hydrogens (primary N) is 1. The maximum absolute atomic E-state index is 11.6. The molecular weight excluding hydrogens is 268 g/mol. The van der Waals surface area contributed by atoms with E-state index >= 15 is 0 Å². The molecule has 2 aliphatic rings. The normalized spacial score (nSPS) is 28.6. The summed E-state index contributed by atoms with van der Waals surface area (Å²) in [5.41, 5.74) is 6.11. The predicted molar refractivity (Wildman–Crippen MR) is 72.0 cm³/mol. The molecule has 0 aromatic rings. The lowest BCUT2D eigenvalue weighted by Crippen LogP contribution is -2.41. The van der Waals surface area contributed by atoms with Gasteiger partial charge in [-0.05, 0) is 25.2 Å². The van der Waals surface area contributed by atoms with E-state index in [-0.39, 0.29) is 12.3 Å². The van der Waals surface area contributed by atoms with Gasteiger partial charge in [0.15, 0.2) is 6.29 Å². The van der Waals surface area contributed by atoms with Gasteiger partial charge in [-0.2, -0.15) is 0 Å². The fraction of sp³-hybridized carbons (Fsp3) is 1.00. The van der Waals surface area contributed by atoms with Gasteiger partial charge in [0, 0.05) is 25.6 Å². The Labute approximate surface area is 115 Å². The van der Waals surface area contributed by atoms with Crippen LogP contribution < -0.4 is 5.73 Å². The van der Waals surface area contributed by atoms with Gasteiger partial charge in [-0.3, -0.25) is 0 Å². The van der Waals surface area contributed by atoms with Crippen molar-refractivity contribution in [2.75, 3.05) is 32.6 Å². The summed E-state index contributed by atoms with van der Waals surface area (Å²) < 4.78 is 35.4. The third-order valence-corrected chi connectivity index (χ3v) is 5.04. The van der Waals surface area contributed by atoms with Crippen molar-refractivity contribution in [2.24, 2.45) is 11.7 Å². The van der Waals surface area contributed by atoms with Crippen LogP contribution in [0.3, 0.4) is 0 Å². The standard InChI is InChI=1S/C12H24N2O4S/c1-19(15,16)14-4-2-3-10(9-14)7-11(13)8-12-17-5-6-18-12/h10-12H,2-9,13H2,1H3. The third-order valence-electron chi connectivity index (χ3n) is 3.77. The monoisotopic (exact) mass is 292 g/mol. The summed E-state index contributed by atoms with van der Waals surface area (Å²) in [7, 11) is -3.07. The highest BCUT2D eigenvalue weighted by Crippen LogP contribution is 2.24. The van der Waals surface area contributed by atoms with Crippen molar-refractivity contribution in [3.05, 3.63) is 0 Å². The topological polar surface area (TPSA) is 81.9 Å². The lowest BCUT2D eigenvalue weighted by atomic mass is 9.91. The molecule has 2 saturated heterocycles. The summed E-state index contributed by atoms with van der Waals surface area (Å²) in [5.74, 6) is 0.347. The number of ether oxygens (including phenoxy) is 2. The van der Waals surface area contributed by atoms with Gasteiger partial charge in [0.25, 0.3) is 0 Å². The first-order valence-corrected chi connectivity index (χ1v) is 8.74. The predicted octanol–water partition coefficient (Wildman–Crippen LogP) is 0.138. The molecule has 0 aromatic carbocycles. The smallest absolute Gasteiger partial charge is 0.211 e. The zero-order chi connectivity index (χ0) is 13.9. The van der Waals surface area contributed by atoms with E-state index < -0.39 is 10.0 Å². The van der Waals surface area contributed by atoms with Crippen molar-refractivity contribution < 1.29 is 17.9 Å². The number of piperidine rings is 1. The minimum Gasteiger partial charge on any atom is -0.350 e. The van der Waals surface area contributed by atoms with Gasteiger partial charge in [0.05, 0.1) is 19.5 Å². The van der Waals surface area contributed by atoms with Gasteiger partial charge in [-0.25, -0.2) is 12.7 Å². The first-order valence-electron chi connectivity index (χ1n) is 6.89. The molecule has 0 spiro atoms. The molecule has 2 fully saturated rings. The Morgan fingerprint density at radius 2 is 2.00 bits per heavy atom. The molecule has 2 heterocycles. The van der Waals surface area contributed by atoms with Gasteiger partial charge in [0.2, 0.25) is 10.0 Å². The second-order valence-corrected chi connectivity index (χ2v) is 7.51. The number of rotatable bonds is 5. The Morgan fingerprint density at radius 1 is 1.32 bits per heavy atom. The van der Waals surface area contributed by atoms with Crippen LogP contribution in [0, 0.1) is 5.92 Å². The van der Waals surface area contributed by atoms with Crippen molar-refractivity contribution >= 4 is 10.0 Å². The molecule has 7 heteroatoms. The summed E-state index contributed by atoms with van der Waals surface area (Å²) >= 11 is 0. The molecule has 2 N–H and O–H groups in total. The van der Waals surface area contributed by atoms with E-state index in [9.17, 15) is 8.42 Å². The lowest BCUT2D eigenvalue weighted by Gasteiger charge is -2.32. The molecule has 2 aliphatic heterocycles. The Kier molecular flexibility index (Phi) is 5.19. The number of sulfonamides is 1. The minimum absolute atomic E-state index is 0.00705. The van der Waals surface area contributed by atoms with Crippen LogP contribution >= 0.6 is 0 Å². The fourth-order valence-electron chi connectivity index (χ4n) is 2.84. The maximum Gasteiger partial charge on any atom is 0.211 e. The van der Waals surface area contributed by atoms with Crippen molar-refractivity contribution in [3.63, 3.8) is 0 Å². The molecule has 0 aromatic heterocycles. The van der Waals surface area contributed by atoms with E-state index in [1.807, 2.05) is 0 Å². The van der Waals surface area contributed by atoms with Crippen molar-refractivity contribution in [1.29, 1.82) is 0 Å². The second-order valence-electron chi connectivity index (χ2n) is 5.53. The molecular formula is C12H24N2O4S. The van der Waals surface area contributed by atoms with Gasteiger partial charge in [-0.1, -0.05) is 0 Å². The minimum atomic E-state index is -3.07. The maximum atomic E-state index is 11.6. The number of hydrogen-bond acceptors (Lipinski definition) is 5. The highest BCUT2D eigenvalue weighted by molar-refractivity contribution is 7.88. The fourth-order valence-corrected chi connectivity index (χ4v) is 3.78. The molecule has 6 nitrogen and oxygen atoms in total. The molecule has 2 unspecified atom stereocenters. The van der Waals surface area contributed by atoms with Crippen LogP contribution in [0.1, 0.15) is 25.7 Å². The van der Waals surface area contributed by atoms with Gasteiger partial charge >= 0.3 is 0 Å². The average molecular weight is 292 g/mol. The molecule has 2 rings (SSSR count). The van der Waals surface area contributed by atoms with E-state index in [4.69, 9.17) is 15.2 Å². The van der Waals surface area contributed by atoms with Crippen LogP contribution in [0.2, 0.25) is 0 Å². The second kappa shape index (κ2) is 6.49. The molecule has 0 bridgehead atoms. The largest absolute Gasteiger partial charge is 0.350 e. The van der Waals surface area contributed by atoms with E-state index in [2.05, 4.69) is 0 Å². The summed E-state index contributed by atoms with van der Waals surface area (Å²) in [5, 5.41) is 0. The van der Waals surface area contributed by atoms with E-state index in [1.54, 1.807) is 4.31 Å². The average Bonchev–Trinajstić information content (AvgIpc) is 2.80. The SMILES string of the molecule is CS(=O)(=O)N1CCCC(CC(N)CC2OCCO2)C1. The highest BCUT2D eigenvalue weighted by atomic mass is 32.2. The summed E-state index contributed by atoms with van der Waals surface area (Å²) in [6.45, 7) is 2.52. The highest BCUT2D eigenvalue weighted by Gasteiger charge is 2.28. The van der Waals surface area contributed by atoms with Crippen molar-refractivity contribution in [3.8, 4) is 0 Å². The molecule has 0 amide bonds. The van der Waals surface area contributed by atoms with Gasteiger partial charge in [0.1, 0.15) is 0 Å². The summed E-state index contributed by atoms with van der Waals surface area (Å²) in [6, 6.07) is 0.00705. The van der Waals surface area contributed by atoms with E-state index in [0.29, 0.717) is 38.6 Å². The molecule has 0 saturated carbocycles. The van der Waals surface area contributed by atoms with E-state index in [0.717, 1.165) is 19.3 Å². The lowest BCUT2D eigenvalue weighted by molar-refractivity contribution is -0.0519. The number of hydrogen-bond donors (Lipinski definition) is 1. The Morgan fingerprint density at radius 3 is 2.63 bits per heavy atom. The van der Waals surface area contributed by atoms with E-state index in [1.165, 1.54) is 6.26 Å². The van der Waals surface area contributed by atoms with Crippen LogP contribution in [0.25, 0.3) is 0 Å². The van der Waals surface area contributed by atoms with Crippen LogP contribution in [0.4, 0.5) is 0 Å². The van der Waals surface area contributed by atoms with Crippen LogP contribution in [-0.4, -0.2) is 57.6 Å². The summed E-state index contributed by atoms with van der Waals surface area (Å²) in [6.07, 6.45) is 4.58. The first kappa shape index (κ1) is 15.2. The van der Waals surface area contributed by atoms with Crippen molar-refractivity contribution in [2.45, 2.75) is 38.0 Å². The summed E-state index contributed by atoms with van der Waals surface area (Å²) in [4.78, 5) is 0. The third kappa shape index (κ3) is 4.68. The van der Waals surface area contributed by atoms with Crippen LogP contribution in [-0.2, 0) is 19.5 Å². The Hall–Kier alpha value is -0.210. The Bertz CT molecular complexity index is 381. The molecule has 2 atom stereocenters. The first-order chi connectivity index (χ1) is 8.95. The number of nitrogens with zero attached hydrogens (tertiary/aromatic N) is 1. The zero-order valence-corrected chi connectivity index (χ0v) is 12.3. The van der Waals surface area contributed by atoms with Gasteiger partial charge < -0.3 is 15.2 Å². The van der Waals surface area contributed by atoms with Crippen molar-refractivity contribution in [1.82, 2.24) is 4.31 Å². The molecule has 0 aliphatic carbocycles. The molecule has 112 valence electrons. The molecule has 19 heavy (non-hydrogen) atoms. The molecule has 0 radical (unpaired) electrons. The zero-order valence-electron chi connectivity index (χ0n) is 11.5. The quantitative estimate of drug-likeness (QED) is 0.779. The Balaban J connectivity index is 1.78. The van der Waals surface area contributed by atoms with Gasteiger partial charge in [-0.15, -0.1) is 0 Å².